The highest BCUT2D eigenvalue weighted by Crippen LogP contribution is 2.07. The smallest absolute Gasteiger partial charge is 0.326 e. The first kappa shape index (κ1) is 31.4. The number of aliphatic carboxylic acids is 3. The molecule has 0 spiro atoms. The Labute approximate surface area is 217 Å². The molecule has 13 nitrogen and oxygen atoms in total. The summed E-state index contributed by atoms with van der Waals surface area (Å²) in [6.45, 7) is 0. The third-order valence-corrected chi connectivity index (χ3v) is 5.80. The highest BCUT2D eigenvalue weighted by atomic mass is 32.2. The summed E-state index contributed by atoms with van der Waals surface area (Å²) in [7, 11) is 0. The van der Waals surface area contributed by atoms with Crippen molar-refractivity contribution < 1.29 is 44.1 Å². The van der Waals surface area contributed by atoms with Gasteiger partial charge in [-0.05, 0) is 30.4 Å². The predicted molar refractivity (Wildman–Crippen MR) is 134 cm³/mol. The summed E-state index contributed by atoms with van der Waals surface area (Å²) >= 11 is 1.47. The first-order chi connectivity index (χ1) is 17.4. The lowest BCUT2D eigenvalue weighted by Crippen LogP contribution is -2.57. The maximum atomic E-state index is 13.1. The zero-order valence-corrected chi connectivity index (χ0v) is 21.0. The summed E-state index contributed by atoms with van der Waals surface area (Å²) in [5.74, 6) is -6.18. The maximum absolute atomic E-state index is 13.1. The molecular weight excluding hydrogens is 508 g/mol. The molecule has 0 fully saturated rings. The predicted octanol–water partition coefficient (Wildman–Crippen LogP) is -0.812. The minimum atomic E-state index is -1.75. The number of benzene rings is 1. The SMILES string of the molecule is CSCCC(N)C(=O)NC(CCC(=O)O)C(=O)NC(Cc1ccccc1)C(=O)NC(CC(=O)O)C(=O)O. The van der Waals surface area contributed by atoms with Crippen LogP contribution in [0.3, 0.4) is 0 Å². The van der Waals surface area contributed by atoms with Crippen molar-refractivity contribution in [3.63, 3.8) is 0 Å². The van der Waals surface area contributed by atoms with Crippen molar-refractivity contribution >= 4 is 47.4 Å². The number of carbonyl (C=O) groups excluding carboxylic acids is 3. The number of hydrogen-bond donors (Lipinski definition) is 7. The minimum Gasteiger partial charge on any atom is -0.481 e. The molecule has 0 bridgehead atoms. The summed E-state index contributed by atoms with van der Waals surface area (Å²) in [5, 5.41) is 34.2. The van der Waals surface area contributed by atoms with Crippen LogP contribution < -0.4 is 21.7 Å². The number of carbonyl (C=O) groups is 6. The number of carboxylic acid groups (broad SMARTS) is 3. The summed E-state index contributed by atoms with van der Waals surface area (Å²) in [5.41, 5.74) is 6.44. The third kappa shape index (κ3) is 12.2. The van der Waals surface area contributed by atoms with Crippen LogP contribution in [-0.4, -0.2) is 87.1 Å². The van der Waals surface area contributed by atoms with E-state index in [9.17, 15) is 33.9 Å². The molecule has 8 N–H and O–H groups in total. The van der Waals surface area contributed by atoms with Gasteiger partial charge in [-0.2, -0.15) is 11.8 Å². The Balaban J connectivity index is 3.13. The Hall–Kier alpha value is -3.65. The number of amides is 3. The van der Waals surface area contributed by atoms with Crippen molar-refractivity contribution in [1.82, 2.24) is 16.0 Å². The van der Waals surface area contributed by atoms with E-state index in [4.69, 9.17) is 15.9 Å². The van der Waals surface area contributed by atoms with E-state index >= 15 is 0 Å². The van der Waals surface area contributed by atoms with Gasteiger partial charge in [-0.25, -0.2) is 4.79 Å². The summed E-state index contributed by atoms with van der Waals surface area (Å²) in [6.07, 6.45) is 0.408. The summed E-state index contributed by atoms with van der Waals surface area (Å²) in [6, 6.07) is 3.01. The second kappa shape index (κ2) is 16.2. The normalized spacial score (nSPS) is 13.9. The Kier molecular flexibility index (Phi) is 13.7. The summed E-state index contributed by atoms with van der Waals surface area (Å²) in [4.78, 5) is 72.0. The summed E-state index contributed by atoms with van der Waals surface area (Å²) < 4.78 is 0. The zero-order chi connectivity index (χ0) is 28.0. The van der Waals surface area contributed by atoms with Gasteiger partial charge >= 0.3 is 17.9 Å². The fourth-order valence-corrected chi connectivity index (χ4v) is 3.66. The molecular formula is C23H32N4O9S. The average Bonchev–Trinajstić information content (AvgIpc) is 2.83. The fraction of sp³-hybridized carbons (Fsp3) is 0.478. The number of carboxylic acids is 3. The molecule has 1 aromatic carbocycles. The Morgan fingerprint density at radius 2 is 1.38 bits per heavy atom. The van der Waals surface area contributed by atoms with Gasteiger partial charge in [0.25, 0.3) is 0 Å². The van der Waals surface area contributed by atoms with Crippen molar-refractivity contribution in [3.8, 4) is 0 Å². The molecule has 0 aliphatic carbocycles. The van der Waals surface area contributed by atoms with Crippen LogP contribution in [0.4, 0.5) is 0 Å². The van der Waals surface area contributed by atoms with Crippen molar-refractivity contribution in [3.05, 3.63) is 35.9 Å². The van der Waals surface area contributed by atoms with E-state index < -0.39 is 72.6 Å². The van der Waals surface area contributed by atoms with Gasteiger partial charge in [0, 0.05) is 12.8 Å². The van der Waals surface area contributed by atoms with E-state index in [-0.39, 0.29) is 12.8 Å². The molecule has 0 aliphatic heterocycles. The molecule has 0 radical (unpaired) electrons. The second-order valence-electron chi connectivity index (χ2n) is 8.13. The standard InChI is InChI=1S/C23H32N4O9S/c1-37-10-9-14(24)20(32)25-15(7-8-18(28)29)21(33)26-16(11-13-5-3-2-4-6-13)22(34)27-17(23(35)36)12-19(30)31/h2-6,14-17H,7-12,24H2,1H3,(H,25,32)(H,26,33)(H,27,34)(H,28,29)(H,30,31)(H,35,36). The number of nitrogens with one attached hydrogen (secondary N) is 3. The van der Waals surface area contributed by atoms with Gasteiger partial charge < -0.3 is 37.0 Å². The van der Waals surface area contributed by atoms with Gasteiger partial charge in [0.2, 0.25) is 17.7 Å². The van der Waals surface area contributed by atoms with Gasteiger partial charge in [0.1, 0.15) is 18.1 Å². The van der Waals surface area contributed by atoms with E-state index in [0.717, 1.165) is 0 Å². The molecule has 4 unspecified atom stereocenters. The second-order valence-corrected chi connectivity index (χ2v) is 9.12. The van der Waals surface area contributed by atoms with Crippen LogP contribution >= 0.6 is 11.8 Å². The fourth-order valence-electron chi connectivity index (χ4n) is 3.17. The Morgan fingerprint density at radius 3 is 1.92 bits per heavy atom. The number of thioether (sulfide) groups is 1. The third-order valence-electron chi connectivity index (χ3n) is 5.16. The van der Waals surface area contributed by atoms with Crippen LogP contribution in [0.1, 0.15) is 31.2 Å². The molecule has 3 amide bonds. The van der Waals surface area contributed by atoms with Gasteiger partial charge in [-0.1, -0.05) is 30.3 Å². The van der Waals surface area contributed by atoms with Gasteiger partial charge in [-0.15, -0.1) is 0 Å². The lowest BCUT2D eigenvalue weighted by atomic mass is 10.0. The van der Waals surface area contributed by atoms with Crippen LogP contribution in [-0.2, 0) is 35.2 Å². The maximum Gasteiger partial charge on any atom is 0.326 e. The molecule has 0 saturated heterocycles. The van der Waals surface area contributed by atoms with Crippen molar-refractivity contribution in [2.75, 3.05) is 12.0 Å². The van der Waals surface area contributed by atoms with Crippen LogP contribution in [0.25, 0.3) is 0 Å². The first-order valence-electron chi connectivity index (χ1n) is 11.3. The molecule has 1 aromatic rings. The molecule has 37 heavy (non-hydrogen) atoms. The zero-order valence-electron chi connectivity index (χ0n) is 20.2. The van der Waals surface area contributed by atoms with Crippen molar-refractivity contribution in [2.24, 2.45) is 5.73 Å². The van der Waals surface area contributed by atoms with E-state index in [2.05, 4.69) is 16.0 Å². The molecule has 14 heteroatoms. The van der Waals surface area contributed by atoms with Crippen LogP contribution in [0.15, 0.2) is 30.3 Å². The molecule has 0 aromatic heterocycles. The van der Waals surface area contributed by atoms with Crippen molar-refractivity contribution in [1.29, 1.82) is 0 Å². The largest absolute Gasteiger partial charge is 0.481 e. The molecule has 0 heterocycles. The topological polar surface area (TPSA) is 225 Å². The van der Waals surface area contributed by atoms with Gasteiger partial charge in [0.05, 0.1) is 12.5 Å². The van der Waals surface area contributed by atoms with Crippen molar-refractivity contribution in [2.45, 2.75) is 56.3 Å². The highest BCUT2D eigenvalue weighted by molar-refractivity contribution is 7.98. The van der Waals surface area contributed by atoms with E-state index in [0.29, 0.717) is 17.7 Å². The molecule has 204 valence electrons. The Bertz CT molecular complexity index is 961. The number of nitrogens with two attached hydrogens (primary N) is 1. The molecule has 1 rings (SSSR count). The average molecular weight is 541 g/mol. The number of rotatable bonds is 17. The van der Waals surface area contributed by atoms with Crippen LogP contribution in [0.5, 0.6) is 0 Å². The molecule has 0 aliphatic rings. The first-order valence-corrected chi connectivity index (χ1v) is 12.7. The lowest BCUT2D eigenvalue weighted by molar-refractivity contribution is -0.147. The van der Waals surface area contributed by atoms with Gasteiger partial charge in [-0.3, -0.25) is 24.0 Å². The lowest BCUT2D eigenvalue weighted by Gasteiger charge is -2.25. The van der Waals surface area contributed by atoms with Gasteiger partial charge in [0.15, 0.2) is 0 Å². The Morgan fingerprint density at radius 1 is 0.811 bits per heavy atom. The van der Waals surface area contributed by atoms with E-state index in [1.165, 1.54) is 11.8 Å². The van der Waals surface area contributed by atoms with Crippen LogP contribution in [0.2, 0.25) is 0 Å². The van der Waals surface area contributed by atoms with E-state index in [1.807, 2.05) is 6.26 Å². The minimum absolute atomic E-state index is 0.0926. The molecule has 4 atom stereocenters. The quantitative estimate of drug-likeness (QED) is 0.129. The van der Waals surface area contributed by atoms with E-state index in [1.54, 1.807) is 30.3 Å². The highest BCUT2D eigenvalue weighted by Gasteiger charge is 2.31. The number of hydrogen-bond acceptors (Lipinski definition) is 8. The van der Waals surface area contributed by atoms with Crippen LogP contribution in [0, 0.1) is 0 Å². The monoisotopic (exact) mass is 540 g/mol. The molecule has 0 saturated carbocycles.